The van der Waals surface area contributed by atoms with E-state index in [1.165, 1.54) is 0 Å². The molecule has 1 aromatic rings. The van der Waals surface area contributed by atoms with Gasteiger partial charge in [-0.3, -0.25) is 9.48 Å². The van der Waals surface area contributed by atoms with Crippen LogP contribution in [0.5, 0.6) is 0 Å². The zero-order valence-corrected chi connectivity index (χ0v) is 11.6. The lowest BCUT2D eigenvalue weighted by atomic mass is 9.87. The third-order valence-electron chi connectivity index (χ3n) is 3.62. The summed E-state index contributed by atoms with van der Waals surface area (Å²) in [5.41, 5.74) is 0.846. The van der Waals surface area contributed by atoms with Crippen LogP contribution in [-0.4, -0.2) is 40.8 Å². The van der Waals surface area contributed by atoms with Gasteiger partial charge in [0.1, 0.15) is 0 Å². The topological polar surface area (TPSA) is 89.3 Å². The number of hydrogen-bond acceptors (Lipinski definition) is 4. The third kappa shape index (κ3) is 3.34. The Balaban J connectivity index is 2.11. The Labute approximate surface area is 112 Å². The largest absolute Gasteiger partial charge is 0.481 e. The number of hydrogen-bond donors (Lipinski definition) is 1. The summed E-state index contributed by atoms with van der Waals surface area (Å²) in [6.07, 6.45) is 4.26. The van der Waals surface area contributed by atoms with Gasteiger partial charge in [0.15, 0.2) is 9.84 Å². The number of carbonyl (C=O) groups is 1. The van der Waals surface area contributed by atoms with Crippen LogP contribution in [0.4, 0.5) is 0 Å². The van der Waals surface area contributed by atoms with E-state index in [-0.39, 0.29) is 17.4 Å². The molecule has 0 aromatic carbocycles. The standard InChI is InChI=1S/C12H18N2O4S/c1-2-14-7-9(6-13-14)5-11(12(15)16)10-3-4-19(17,18)8-10/h6-7,10-11H,2-5,8H2,1H3,(H,15,16). The van der Waals surface area contributed by atoms with Gasteiger partial charge in [-0.05, 0) is 31.2 Å². The first-order chi connectivity index (χ1) is 8.91. The number of aromatic nitrogens is 2. The van der Waals surface area contributed by atoms with Crippen molar-refractivity contribution in [3.63, 3.8) is 0 Å². The van der Waals surface area contributed by atoms with E-state index in [0.29, 0.717) is 12.8 Å². The van der Waals surface area contributed by atoms with E-state index in [1.54, 1.807) is 10.9 Å². The fraction of sp³-hybridized carbons (Fsp3) is 0.667. The van der Waals surface area contributed by atoms with E-state index in [4.69, 9.17) is 0 Å². The first-order valence-electron chi connectivity index (χ1n) is 6.36. The summed E-state index contributed by atoms with van der Waals surface area (Å²) in [6, 6.07) is 0. The lowest BCUT2D eigenvalue weighted by Gasteiger charge is -2.17. The Bertz CT molecular complexity index is 564. The predicted molar refractivity (Wildman–Crippen MR) is 69.5 cm³/mol. The quantitative estimate of drug-likeness (QED) is 0.855. The molecular formula is C12H18N2O4S. The van der Waals surface area contributed by atoms with Gasteiger partial charge in [-0.1, -0.05) is 0 Å². The molecule has 0 amide bonds. The van der Waals surface area contributed by atoms with Crippen molar-refractivity contribution in [2.45, 2.75) is 26.3 Å². The Kier molecular flexibility index (Phi) is 3.93. The van der Waals surface area contributed by atoms with Gasteiger partial charge in [0, 0.05) is 12.7 Å². The van der Waals surface area contributed by atoms with E-state index in [0.717, 1.165) is 12.1 Å². The molecule has 0 saturated carbocycles. The van der Waals surface area contributed by atoms with Crippen molar-refractivity contribution < 1.29 is 18.3 Å². The van der Waals surface area contributed by atoms with Crippen LogP contribution in [0, 0.1) is 11.8 Å². The second kappa shape index (κ2) is 5.32. The van der Waals surface area contributed by atoms with Crippen LogP contribution in [-0.2, 0) is 27.6 Å². The molecule has 1 aliphatic heterocycles. The highest BCUT2D eigenvalue weighted by molar-refractivity contribution is 7.91. The molecule has 2 heterocycles. The first kappa shape index (κ1) is 14.0. The summed E-state index contributed by atoms with van der Waals surface area (Å²) in [7, 11) is -3.05. The number of sulfone groups is 1. The Hall–Kier alpha value is -1.37. The molecule has 0 aliphatic carbocycles. The van der Waals surface area contributed by atoms with Crippen molar-refractivity contribution in [3.8, 4) is 0 Å². The van der Waals surface area contributed by atoms with Crippen molar-refractivity contribution in [3.05, 3.63) is 18.0 Å². The van der Waals surface area contributed by atoms with Gasteiger partial charge in [0.05, 0.1) is 23.6 Å². The summed E-state index contributed by atoms with van der Waals surface area (Å²) in [5.74, 6) is -1.76. The van der Waals surface area contributed by atoms with E-state index in [1.807, 2.05) is 13.1 Å². The molecule has 0 radical (unpaired) electrons. The highest BCUT2D eigenvalue weighted by Crippen LogP contribution is 2.28. The summed E-state index contributed by atoms with van der Waals surface area (Å²) >= 11 is 0. The fourth-order valence-corrected chi connectivity index (χ4v) is 4.42. The van der Waals surface area contributed by atoms with Gasteiger partial charge in [-0.15, -0.1) is 0 Å². The van der Waals surface area contributed by atoms with Crippen LogP contribution in [0.3, 0.4) is 0 Å². The van der Waals surface area contributed by atoms with Gasteiger partial charge >= 0.3 is 5.97 Å². The molecular weight excluding hydrogens is 268 g/mol. The molecule has 2 atom stereocenters. The minimum absolute atomic E-state index is 0.00805. The Morgan fingerprint density at radius 3 is 2.84 bits per heavy atom. The molecule has 0 bridgehead atoms. The first-order valence-corrected chi connectivity index (χ1v) is 8.18. The van der Waals surface area contributed by atoms with E-state index in [2.05, 4.69) is 5.10 Å². The Morgan fingerprint density at radius 1 is 1.63 bits per heavy atom. The third-order valence-corrected chi connectivity index (χ3v) is 5.41. The van der Waals surface area contributed by atoms with Crippen molar-refractivity contribution in [1.29, 1.82) is 0 Å². The number of carboxylic acids is 1. The van der Waals surface area contributed by atoms with Crippen LogP contribution < -0.4 is 0 Å². The molecule has 1 saturated heterocycles. The van der Waals surface area contributed by atoms with Gasteiger partial charge in [-0.25, -0.2) is 8.42 Å². The van der Waals surface area contributed by atoms with Crippen LogP contribution >= 0.6 is 0 Å². The van der Waals surface area contributed by atoms with E-state index >= 15 is 0 Å². The van der Waals surface area contributed by atoms with Crippen LogP contribution in [0.1, 0.15) is 18.9 Å². The summed E-state index contributed by atoms with van der Waals surface area (Å²) in [5, 5.41) is 13.4. The predicted octanol–water partition coefficient (Wildman–Crippen LogP) is 0.581. The monoisotopic (exact) mass is 286 g/mol. The zero-order valence-electron chi connectivity index (χ0n) is 10.8. The van der Waals surface area contributed by atoms with E-state index < -0.39 is 21.7 Å². The molecule has 19 heavy (non-hydrogen) atoms. The fourth-order valence-electron chi connectivity index (χ4n) is 2.54. The van der Waals surface area contributed by atoms with Crippen molar-refractivity contribution >= 4 is 15.8 Å². The van der Waals surface area contributed by atoms with Gasteiger partial charge in [-0.2, -0.15) is 5.10 Å². The SMILES string of the molecule is CCn1cc(CC(C(=O)O)C2CCS(=O)(=O)C2)cn1. The number of carboxylic acid groups (broad SMARTS) is 1. The normalized spacial score (nSPS) is 23.3. The van der Waals surface area contributed by atoms with Crippen molar-refractivity contribution in [2.24, 2.45) is 11.8 Å². The van der Waals surface area contributed by atoms with Crippen molar-refractivity contribution in [1.82, 2.24) is 9.78 Å². The number of aliphatic carboxylic acids is 1. The second-order valence-corrected chi connectivity index (χ2v) is 7.24. The average Bonchev–Trinajstić information content (AvgIpc) is 2.91. The molecule has 7 heteroatoms. The second-order valence-electron chi connectivity index (χ2n) is 5.02. The van der Waals surface area contributed by atoms with Gasteiger partial charge < -0.3 is 5.11 Å². The van der Waals surface area contributed by atoms with Gasteiger partial charge in [0.25, 0.3) is 0 Å². The molecule has 1 fully saturated rings. The average molecular weight is 286 g/mol. The Morgan fingerprint density at radius 2 is 2.37 bits per heavy atom. The molecule has 6 nitrogen and oxygen atoms in total. The summed E-state index contributed by atoms with van der Waals surface area (Å²) < 4.78 is 24.7. The zero-order chi connectivity index (χ0) is 14.0. The lowest BCUT2D eigenvalue weighted by molar-refractivity contribution is -0.143. The lowest BCUT2D eigenvalue weighted by Crippen LogP contribution is -2.26. The smallest absolute Gasteiger partial charge is 0.307 e. The number of aryl methyl sites for hydroxylation is 1. The maximum atomic E-state index is 11.5. The molecule has 2 rings (SSSR count). The molecule has 1 aromatic heterocycles. The van der Waals surface area contributed by atoms with Crippen molar-refractivity contribution in [2.75, 3.05) is 11.5 Å². The van der Waals surface area contributed by atoms with Crippen LogP contribution in [0.2, 0.25) is 0 Å². The molecule has 1 aliphatic rings. The minimum Gasteiger partial charge on any atom is -0.481 e. The van der Waals surface area contributed by atoms with Crippen LogP contribution in [0.25, 0.3) is 0 Å². The number of nitrogens with zero attached hydrogens (tertiary/aromatic N) is 2. The molecule has 1 N–H and O–H groups in total. The van der Waals surface area contributed by atoms with Crippen LogP contribution in [0.15, 0.2) is 12.4 Å². The number of rotatable bonds is 5. The maximum Gasteiger partial charge on any atom is 0.307 e. The molecule has 0 spiro atoms. The minimum atomic E-state index is -3.05. The highest BCUT2D eigenvalue weighted by atomic mass is 32.2. The molecule has 2 unspecified atom stereocenters. The molecule has 106 valence electrons. The van der Waals surface area contributed by atoms with E-state index in [9.17, 15) is 18.3 Å². The summed E-state index contributed by atoms with van der Waals surface area (Å²) in [6.45, 7) is 2.69. The maximum absolute atomic E-state index is 11.5. The van der Waals surface area contributed by atoms with Gasteiger partial charge in [0.2, 0.25) is 0 Å². The summed E-state index contributed by atoms with van der Waals surface area (Å²) in [4.78, 5) is 11.4. The highest BCUT2D eigenvalue weighted by Gasteiger charge is 2.37.